The highest BCUT2D eigenvalue weighted by Gasteiger charge is 2.20. The van der Waals surface area contributed by atoms with Crippen LogP contribution < -0.4 is 5.32 Å². The van der Waals surface area contributed by atoms with E-state index >= 15 is 0 Å². The number of pyridine rings is 1. The van der Waals surface area contributed by atoms with Crippen LogP contribution in [-0.4, -0.2) is 25.6 Å². The molecule has 26 heavy (non-hydrogen) atoms. The van der Waals surface area contributed by atoms with E-state index in [9.17, 15) is 0 Å². The molecule has 2 N–H and O–H groups in total. The predicted molar refractivity (Wildman–Crippen MR) is 106 cm³/mol. The summed E-state index contributed by atoms with van der Waals surface area (Å²) in [5.41, 5.74) is 5.21. The number of rotatable bonds is 3. The minimum absolute atomic E-state index is 0.530. The summed E-state index contributed by atoms with van der Waals surface area (Å²) >= 11 is 0. The van der Waals surface area contributed by atoms with Crippen molar-refractivity contribution in [3.8, 4) is 11.3 Å². The van der Waals surface area contributed by atoms with Gasteiger partial charge in [0.2, 0.25) is 0 Å². The second-order valence-electron chi connectivity index (χ2n) is 7.30. The summed E-state index contributed by atoms with van der Waals surface area (Å²) in [5, 5.41) is 12.4. The van der Waals surface area contributed by atoms with Crippen LogP contribution in [-0.2, 0) is 0 Å². The van der Waals surface area contributed by atoms with E-state index in [0.717, 1.165) is 39.3 Å². The fourth-order valence-corrected chi connectivity index (χ4v) is 4.06. The molecule has 0 spiro atoms. The van der Waals surface area contributed by atoms with Crippen LogP contribution in [0, 0.1) is 6.92 Å². The van der Waals surface area contributed by atoms with E-state index in [1.54, 1.807) is 0 Å². The lowest BCUT2D eigenvalue weighted by Crippen LogP contribution is -2.23. The Morgan fingerprint density at radius 2 is 2.00 bits per heavy atom. The lowest BCUT2D eigenvalue weighted by atomic mass is 9.95. The third kappa shape index (κ3) is 2.55. The summed E-state index contributed by atoms with van der Waals surface area (Å²) in [6.07, 6.45) is 8.54. The molecule has 1 saturated carbocycles. The molecule has 0 unspecified atom stereocenters. The predicted octanol–water partition coefficient (Wildman–Crippen LogP) is 4.93. The molecule has 0 saturated heterocycles. The lowest BCUT2D eigenvalue weighted by Gasteiger charge is -2.24. The van der Waals surface area contributed by atoms with E-state index in [1.807, 2.05) is 6.07 Å². The van der Waals surface area contributed by atoms with Gasteiger partial charge < -0.3 is 5.32 Å². The maximum absolute atomic E-state index is 4.94. The summed E-state index contributed by atoms with van der Waals surface area (Å²) < 4.78 is 2.18. The normalized spacial score (nSPS) is 15.7. The molecule has 0 radical (unpaired) electrons. The first-order valence-corrected chi connectivity index (χ1v) is 9.48. The molecule has 1 fully saturated rings. The Morgan fingerprint density at radius 3 is 2.88 bits per heavy atom. The van der Waals surface area contributed by atoms with E-state index in [4.69, 9.17) is 4.98 Å². The van der Waals surface area contributed by atoms with Gasteiger partial charge in [-0.1, -0.05) is 31.4 Å². The first kappa shape index (κ1) is 15.4. The highest BCUT2D eigenvalue weighted by Crippen LogP contribution is 2.33. The molecule has 1 aliphatic carbocycles. The molecule has 4 aromatic rings. The largest absolute Gasteiger partial charge is 0.367 e. The molecule has 5 nitrogen and oxygen atoms in total. The van der Waals surface area contributed by atoms with Gasteiger partial charge in [0.25, 0.3) is 0 Å². The van der Waals surface area contributed by atoms with Crippen LogP contribution in [0.1, 0.15) is 37.8 Å². The highest BCUT2D eigenvalue weighted by molar-refractivity contribution is 5.88. The molecule has 1 aromatic carbocycles. The number of anilines is 1. The first-order valence-electron chi connectivity index (χ1n) is 9.48. The van der Waals surface area contributed by atoms with Crippen molar-refractivity contribution < 1.29 is 0 Å². The molecule has 5 heteroatoms. The van der Waals surface area contributed by atoms with E-state index < -0.39 is 0 Å². The Hall–Kier alpha value is -2.82. The van der Waals surface area contributed by atoms with E-state index in [1.165, 1.54) is 32.1 Å². The Morgan fingerprint density at radius 1 is 1.12 bits per heavy atom. The number of benzene rings is 1. The topological polar surface area (TPSA) is 58.0 Å². The molecular formula is C21H23N5. The summed E-state index contributed by atoms with van der Waals surface area (Å²) in [6, 6.07) is 13.1. The van der Waals surface area contributed by atoms with Crippen molar-refractivity contribution in [2.75, 3.05) is 5.32 Å². The molecule has 132 valence electrons. The Labute approximate surface area is 152 Å². The smallest absolute Gasteiger partial charge is 0.139 e. The zero-order valence-corrected chi connectivity index (χ0v) is 15.0. The zero-order valence-electron chi connectivity index (χ0n) is 15.0. The summed E-state index contributed by atoms with van der Waals surface area (Å²) in [6.45, 7) is 2.06. The monoisotopic (exact) mass is 345 g/mol. The van der Waals surface area contributed by atoms with Gasteiger partial charge in [0.05, 0.1) is 5.52 Å². The summed E-state index contributed by atoms with van der Waals surface area (Å²) in [4.78, 5) is 4.94. The number of aromatic amines is 1. The molecule has 3 aromatic heterocycles. The molecule has 3 heterocycles. The quantitative estimate of drug-likeness (QED) is 0.553. The minimum atomic E-state index is 0.530. The van der Waals surface area contributed by atoms with Gasteiger partial charge in [0.1, 0.15) is 17.2 Å². The van der Waals surface area contributed by atoms with Gasteiger partial charge in [0, 0.05) is 28.9 Å². The van der Waals surface area contributed by atoms with Gasteiger partial charge in [-0.2, -0.15) is 5.10 Å². The number of hydrogen-bond donors (Lipinski definition) is 2. The molecule has 1 aliphatic rings. The van der Waals surface area contributed by atoms with E-state index in [0.29, 0.717) is 6.04 Å². The van der Waals surface area contributed by atoms with Crippen LogP contribution in [0.3, 0.4) is 0 Å². The van der Waals surface area contributed by atoms with Crippen LogP contribution in [0.4, 0.5) is 5.82 Å². The second-order valence-corrected chi connectivity index (χ2v) is 7.30. The molecule has 0 atom stereocenters. The summed E-state index contributed by atoms with van der Waals surface area (Å²) in [5.74, 6) is 1.10. The fraction of sp³-hybridized carbons (Fsp3) is 0.333. The number of nitrogens with zero attached hydrogens (tertiary/aromatic N) is 3. The van der Waals surface area contributed by atoms with Crippen LogP contribution >= 0.6 is 0 Å². The molecule has 0 aliphatic heterocycles. The Balaban J connectivity index is 1.65. The number of nitrogens with one attached hydrogen (secondary N) is 2. The minimum Gasteiger partial charge on any atom is -0.367 e. The van der Waals surface area contributed by atoms with Crippen molar-refractivity contribution in [1.82, 2.24) is 19.6 Å². The number of hydrogen-bond acceptors (Lipinski definition) is 3. The van der Waals surface area contributed by atoms with Crippen molar-refractivity contribution in [1.29, 1.82) is 0 Å². The zero-order chi connectivity index (χ0) is 17.5. The third-order valence-corrected chi connectivity index (χ3v) is 5.49. The Bertz CT molecular complexity index is 1070. The fourth-order valence-electron chi connectivity index (χ4n) is 4.06. The van der Waals surface area contributed by atoms with Crippen molar-refractivity contribution in [3.05, 3.63) is 48.3 Å². The number of aryl methyl sites for hydroxylation is 1. The lowest BCUT2D eigenvalue weighted by molar-refractivity contribution is 0.462. The Kier molecular flexibility index (Phi) is 3.66. The van der Waals surface area contributed by atoms with E-state index in [2.05, 4.69) is 63.4 Å². The van der Waals surface area contributed by atoms with Gasteiger partial charge >= 0.3 is 0 Å². The van der Waals surface area contributed by atoms with Crippen molar-refractivity contribution >= 4 is 22.4 Å². The average Bonchev–Trinajstić information content (AvgIpc) is 3.24. The number of aromatic nitrogens is 4. The van der Waals surface area contributed by atoms with Crippen LogP contribution in [0.2, 0.25) is 0 Å². The van der Waals surface area contributed by atoms with Gasteiger partial charge in [-0.25, -0.2) is 4.98 Å². The molecular weight excluding hydrogens is 322 g/mol. The maximum Gasteiger partial charge on any atom is 0.139 e. The number of imidazole rings is 1. The van der Waals surface area contributed by atoms with Gasteiger partial charge in [-0.15, -0.1) is 0 Å². The summed E-state index contributed by atoms with van der Waals surface area (Å²) in [7, 11) is 0. The number of fused-ring (bicyclic) bond motifs is 2. The van der Waals surface area contributed by atoms with Crippen molar-refractivity contribution in [2.24, 2.45) is 0 Å². The van der Waals surface area contributed by atoms with Crippen molar-refractivity contribution in [3.63, 3.8) is 0 Å². The standard InChI is InChI=1S/C21H23N5/c1-14-17-13-15(10-11-18(17)25-24-14)20-21(22-16-7-3-2-4-8-16)26-12-6-5-9-19(26)23-20/h5-6,9-13,16,22H,2-4,7-8H2,1H3,(H,24,25). The van der Waals surface area contributed by atoms with Gasteiger partial charge in [-0.05, 0) is 44.0 Å². The van der Waals surface area contributed by atoms with E-state index in [-0.39, 0.29) is 0 Å². The molecule has 5 rings (SSSR count). The molecule has 0 bridgehead atoms. The highest BCUT2D eigenvalue weighted by atomic mass is 15.1. The molecule has 0 amide bonds. The average molecular weight is 345 g/mol. The van der Waals surface area contributed by atoms with Gasteiger partial charge in [-0.3, -0.25) is 9.50 Å². The number of H-pyrrole nitrogens is 1. The SMILES string of the molecule is Cc1[nH]nc2ccc(-c3nc4ccccn4c3NC3CCCCC3)cc12. The van der Waals surface area contributed by atoms with Crippen LogP contribution in [0.15, 0.2) is 42.6 Å². The van der Waals surface area contributed by atoms with Crippen molar-refractivity contribution in [2.45, 2.75) is 45.1 Å². The van der Waals surface area contributed by atoms with Crippen LogP contribution in [0.5, 0.6) is 0 Å². The maximum atomic E-state index is 4.94. The van der Waals surface area contributed by atoms with Crippen LogP contribution in [0.25, 0.3) is 27.8 Å². The first-order chi connectivity index (χ1) is 12.8. The second kappa shape index (κ2) is 6.16. The van der Waals surface area contributed by atoms with Gasteiger partial charge in [0.15, 0.2) is 0 Å². The third-order valence-electron chi connectivity index (χ3n) is 5.49.